The van der Waals surface area contributed by atoms with Crippen molar-refractivity contribution in [3.8, 4) is 22.5 Å². The van der Waals surface area contributed by atoms with Gasteiger partial charge in [0.15, 0.2) is 0 Å². The van der Waals surface area contributed by atoms with Crippen LogP contribution in [0.25, 0.3) is 22.5 Å². The molecule has 0 aliphatic rings. The molecule has 1 unspecified atom stereocenters. The second kappa shape index (κ2) is 9.17. The number of halogens is 1. The first-order chi connectivity index (χ1) is 15.9. The van der Waals surface area contributed by atoms with E-state index < -0.39 is 17.8 Å². The molecule has 0 saturated heterocycles. The largest absolute Gasteiger partial charge is 0.394 e. The van der Waals surface area contributed by atoms with Crippen molar-refractivity contribution in [2.45, 2.75) is 13.0 Å². The van der Waals surface area contributed by atoms with E-state index in [9.17, 15) is 14.3 Å². The molecule has 0 saturated carbocycles. The summed E-state index contributed by atoms with van der Waals surface area (Å²) in [7, 11) is 1.82. The van der Waals surface area contributed by atoms with Crippen LogP contribution in [0.2, 0.25) is 0 Å². The minimum Gasteiger partial charge on any atom is -0.394 e. The van der Waals surface area contributed by atoms with Gasteiger partial charge in [0.05, 0.1) is 36.3 Å². The molecule has 1 amide bonds. The van der Waals surface area contributed by atoms with Gasteiger partial charge in [0.2, 0.25) is 0 Å². The van der Waals surface area contributed by atoms with E-state index in [1.54, 1.807) is 47.4 Å². The number of anilines is 1. The average molecular weight is 446 g/mol. The zero-order chi connectivity index (χ0) is 23.5. The monoisotopic (exact) mass is 446 g/mol. The third kappa shape index (κ3) is 4.44. The van der Waals surface area contributed by atoms with E-state index in [1.807, 2.05) is 20.0 Å². The molecule has 8 nitrogen and oxygen atoms in total. The fourth-order valence-corrected chi connectivity index (χ4v) is 3.49. The number of carbonyl (C=O) groups excluding carboxylic acids is 1. The zero-order valence-electron chi connectivity index (χ0n) is 18.2. The molecule has 0 aliphatic heterocycles. The quantitative estimate of drug-likeness (QED) is 0.419. The van der Waals surface area contributed by atoms with Crippen molar-refractivity contribution in [3.63, 3.8) is 0 Å². The number of amides is 1. The Kier molecular flexibility index (Phi) is 6.14. The SMILES string of the molecule is Cc1c(-c2cnc(N)c(-c3ccc(C(=O)NC(CO)c4ccccc4)c(F)c3)n2)cnn1C. The number of nitrogens with zero attached hydrogens (tertiary/aromatic N) is 4. The lowest BCUT2D eigenvalue weighted by Crippen LogP contribution is -2.31. The molecule has 2 aromatic heterocycles. The Hall–Kier alpha value is -4.11. The predicted octanol–water partition coefficient (Wildman–Crippen LogP) is 3.04. The van der Waals surface area contributed by atoms with E-state index in [-0.39, 0.29) is 18.0 Å². The number of nitrogens with one attached hydrogen (secondary N) is 1. The molecular formula is C24H23FN6O2. The Balaban J connectivity index is 1.62. The van der Waals surface area contributed by atoms with Gasteiger partial charge in [-0.3, -0.25) is 9.48 Å². The molecule has 4 aromatic rings. The summed E-state index contributed by atoms with van der Waals surface area (Å²) in [6.45, 7) is 1.59. The number of carbonyl (C=O) groups is 1. The van der Waals surface area contributed by atoms with Crippen molar-refractivity contribution in [2.75, 3.05) is 12.3 Å². The van der Waals surface area contributed by atoms with Gasteiger partial charge >= 0.3 is 0 Å². The maximum atomic E-state index is 14.9. The highest BCUT2D eigenvalue weighted by molar-refractivity contribution is 5.95. The van der Waals surface area contributed by atoms with Crippen LogP contribution in [0, 0.1) is 12.7 Å². The van der Waals surface area contributed by atoms with Crippen LogP contribution in [-0.2, 0) is 7.05 Å². The molecule has 9 heteroatoms. The van der Waals surface area contributed by atoms with E-state index in [1.165, 1.54) is 12.1 Å². The van der Waals surface area contributed by atoms with Crippen molar-refractivity contribution < 1.29 is 14.3 Å². The zero-order valence-corrected chi connectivity index (χ0v) is 18.2. The summed E-state index contributed by atoms with van der Waals surface area (Å²) in [5.74, 6) is -1.24. The Bertz CT molecular complexity index is 1310. The van der Waals surface area contributed by atoms with Crippen LogP contribution in [0.4, 0.5) is 10.2 Å². The standard InChI is InChI=1S/C24H23FN6O2/c1-14-18(11-28-31(14)2)20-12-27-23(26)22(29-20)16-8-9-17(19(25)10-16)24(33)30-21(13-32)15-6-4-3-5-7-15/h3-12,21,32H,13H2,1-2H3,(H2,26,27)(H,30,33). The number of hydrogen-bond acceptors (Lipinski definition) is 6. The maximum Gasteiger partial charge on any atom is 0.254 e. The van der Waals surface area contributed by atoms with E-state index >= 15 is 0 Å². The summed E-state index contributed by atoms with van der Waals surface area (Å²) < 4.78 is 16.7. The van der Waals surface area contributed by atoms with E-state index in [2.05, 4.69) is 20.4 Å². The van der Waals surface area contributed by atoms with Gasteiger partial charge < -0.3 is 16.2 Å². The van der Waals surface area contributed by atoms with Crippen LogP contribution in [0.1, 0.15) is 27.7 Å². The van der Waals surface area contributed by atoms with Crippen molar-refractivity contribution >= 4 is 11.7 Å². The Morgan fingerprint density at radius 3 is 2.61 bits per heavy atom. The maximum absolute atomic E-state index is 14.9. The van der Waals surface area contributed by atoms with E-state index in [0.29, 0.717) is 17.0 Å². The fourth-order valence-electron chi connectivity index (χ4n) is 3.49. The molecule has 0 radical (unpaired) electrons. The molecule has 0 aliphatic carbocycles. The van der Waals surface area contributed by atoms with Gasteiger partial charge in [0.25, 0.3) is 5.91 Å². The molecule has 1 atom stereocenters. The van der Waals surface area contributed by atoms with E-state index in [4.69, 9.17) is 5.73 Å². The second-order valence-electron chi connectivity index (χ2n) is 7.57. The molecule has 0 spiro atoms. The third-order valence-electron chi connectivity index (χ3n) is 5.49. The van der Waals surface area contributed by atoms with Crippen LogP contribution >= 0.6 is 0 Å². The lowest BCUT2D eigenvalue weighted by atomic mass is 10.0. The first-order valence-electron chi connectivity index (χ1n) is 10.3. The van der Waals surface area contributed by atoms with Crippen LogP contribution < -0.4 is 11.1 Å². The number of nitrogen functional groups attached to an aromatic ring is 1. The summed E-state index contributed by atoms with van der Waals surface area (Å²) >= 11 is 0. The van der Waals surface area contributed by atoms with Crippen molar-refractivity contribution in [2.24, 2.45) is 7.05 Å². The van der Waals surface area contributed by atoms with Gasteiger partial charge in [-0.25, -0.2) is 14.4 Å². The normalized spacial score (nSPS) is 11.9. The van der Waals surface area contributed by atoms with Crippen LogP contribution in [-0.4, -0.2) is 37.4 Å². The highest BCUT2D eigenvalue weighted by atomic mass is 19.1. The topological polar surface area (TPSA) is 119 Å². The molecule has 2 aromatic carbocycles. The van der Waals surface area contributed by atoms with Crippen LogP contribution in [0.15, 0.2) is 60.9 Å². The molecule has 168 valence electrons. The lowest BCUT2D eigenvalue weighted by Gasteiger charge is -2.17. The number of aromatic nitrogens is 4. The fraction of sp³-hybridized carbons (Fsp3) is 0.167. The Labute approximate surface area is 189 Å². The highest BCUT2D eigenvalue weighted by Gasteiger charge is 2.19. The molecule has 2 heterocycles. The molecule has 0 fully saturated rings. The van der Waals surface area contributed by atoms with E-state index in [0.717, 1.165) is 16.8 Å². The molecule has 0 bridgehead atoms. The number of aliphatic hydroxyl groups is 1. The van der Waals surface area contributed by atoms with Crippen LogP contribution in [0.5, 0.6) is 0 Å². The summed E-state index contributed by atoms with van der Waals surface area (Å²) in [6, 6.07) is 12.5. The van der Waals surface area contributed by atoms with Crippen molar-refractivity contribution in [3.05, 3.63) is 83.6 Å². The number of rotatable bonds is 6. The highest BCUT2D eigenvalue weighted by Crippen LogP contribution is 2.28. The Morgan fingerprint density at radius 1 is 1.21 bits per heavy atom. The summed E-state index contributed by atoms with van der Waals surface area (Å²) in [5.41, 5.74) is 9.52. The predicted molar refractivity (Wildman–Crippen MR) is 123 cm³/mol. The lowest BCUT2D eigenvalue weighted by molar-refractivity contribution is 0.0912. The van der Waals surface area contributed by atoms with Gasteiger partial charge in [0, 0.05) is 23.9 Å². The van der Waals surface area contributed by atoms with Gasteiger partial charge in [-0.2, -0.15) is 5.10 Å². The van der Waals surface area contributed by atoms with Crippen molar-refractivity contribution in [1.82, 2.24) is 25.1 Å². The summed E-state index contributed by atoms with van der Waals surface area (Å²) in [6.07, 6.45) is 3.22. The number of hydrogen-bond donors (Lipinski definition) is 3. The minimum atomic E-state index is -0.737. The minimum absolute atomic E-state index is 0.140. The van der Waals surface area contributed by atoms with Gasteiger partial charge in [-0.05, 0) is 24.6 Å². The number of benzene rings is 2. The summed E-state index contributed by atoms with van der Waals surface area (Å²) in [5, 5.41) is 16.5. The van der Waals surface area contributed by atoms with Gasteiger partial charge in [-0.15, -0.1) is 0 Å². The molecule has 33 heavy (non-hydrogen) atoms. The Morgan fingerprint density at radius 2 is 1.97 bits per heavy atom. The van der Waals surface area contributed by atoms with Gasteiger partial charge in [-0.1, -0.05) is 36.4 Å². The summed E-state index contributed by atoms with van der Waals surface area (Å²) in [4.78, 5) is 21.4. The molecular weight excluding hydrogens is 423 g/mol. The van der Waals surface area contributed by atoms with Crippen LogP contribution in [0.3, 0.4) is 0 Å². The van der Waals surface area contributed by atoms with Crippen molar-refractivity contribution in [1.29, 1.82) is 0 Å². The second-order valence-corrected chi connectivity index (χ2v) is 7.57. The number of aliphatic hydroxyl groups excluding tert-OH is 1. The molecule has 4 rings (SSSR count). The third-order valence-corrected chi connectivity index (χ3v) is 5.49. The smallest absolute Gasteiger partial charge is 0.254 e. The molecule has 4 N–H and O–H groups in total. The average Bonchev–Trinajstić information content (AvgIpc) is 3.16. The van der Waals surface area contributed by atoms with Gasteiger partial charge in [0.1, 0.15) is 17.3 Å². The number of nitrogens with two attached hydrogens (primary N) is 1. The number of aryl methyl sites for hydroxylation is 1. The first-order valence-corrected chi connectivity index (χ1v) is 10.3. The first kappa shape index (κ1) is 22.1.